The molecule has 10 nitrogen and oxygen atoms in total. The van der Waals surface area contributed by atoms with Gasteiger partial charge in [0.15, 0.2) is 0 Å². The molecule has 1 aliphatic carbocycles. The lowest BCUT2D eigenvalue weighted by Gasteiger charge is -2.16. The topological polar surface area (TPSA) is 149 Å². The monoisotopic (exact) mass is 418 g/mol. The predicted molar refractivity (Wildman–Crippen MR) is 108 cm³/mol. The molecule has 2 amide bonds. The Morgan fingerprint density at radius 1 is 1.33 bits per heavy atom. The zero-order valence-corrected chi connectivity index (χ0v) is 17.0. The number of esters is 1. The second-order valence-electron chi connectivity index (χ2n) is 6.30. The number of carbonyl (C=O) groups excluding carboxylic acids is 4. The minimum atomic E-state index is -0.792. The number of allylic oxidation sites excluding steroid dienone is 2. The van der Waals surface area contributed by atoms with E-state index in [1.807, 2.05) is 0 Å². The number of amidine groups is 1. The van der Waals surface area contributed by atoms with Crippen LogP contribution in [0.1, 0.15) is 39.5 Å². The fourth-order valence-corrected chi connectivity index (χ4v) is 2.37. The van der Waals surface area contributed by atoms with Gasteiger partial charge in [-0.1, -0.05) is 23.2 Å². The lowest BCUT2D eigenvalue weighted by Crippen LogP contribution is -2.36. The highest BCUT2D eigenvalue weighted by atomic mass is 16.7. The molecule has 0 spiro atoms. The van der Waals surface area contributed by atoms with Crippen LogP contribution in [-0.2, 0) is 28.8 Å². The lowest BCUT2D eigenvalue weighted by atomic mass is 9.98. The fourth-order valence-electron chi connectivity index (χ4n) is 2.37. The number of nitrogens with zero attached hydrogens (tertiary/aromatic N) is 1. The molecule has 0 saturated carbocycles. The van der Waals surface area contributed by atoms with Gasteiger partial charge < -0.3 is 25.9 Å². The Labute approximate surface area is 174 Å². The van der Waals surface area contributed by atoms with E-state index in [0.717, 1.165) is 0 Å². The summed E-state index contributed by atoms with van der Waals surface area (Å²) in [5.74, 6) is 0.315. The molecule has 0 aromatic rings. The number of rotatable bonds is 10. The average molecular weight is 418 g/mol. The molecule has 1 aliphatic rings. The molecule has 162 valence electrons. The smallest absolute Gasteiger partial charge is 0.332 e. The van der Waals surface area contributed by atoms with Crippen LogP contribution in [0.4, 0.5) is 0 Å². The van der Waals surface area contributed by atoms with Gasteiger partial charge in [-0.3, -0.25) is 14.4 Å². The maximum absolute atomic E-state index is 12.0. The first kappa shape index (κ1) is 24.4. The molecule has 0 aromatic heterocycles. The maximum Gasteiger partial charge on any atom is 0.332 e. The van der Waals surface area contributed by atoms with E-state index in [9.17, 15) is 19.2 Å². The normalized spacial score (nSPS) is 16.5. The number of hydrogen-bond acceptors (Lipinski definition) is 7. The summed E-state index contributed by atoms with van der Waals surface area (Å²) < 4.78 is 4.79. The van der Waals surface area contributed by atoms with Crippen molar-refractivity contribution in [2.24, 2.45) is 16.8 Å². The number of oxime groups is 1. The lowest BCUT2D eigenvalue weighted by molar-refractivity contribution is -0.143. The molecule has 1 unspecified atom stereocenters. The van der Waals surface area contributed by atoms with Crippen molar-refractivity contribution < 1.29 is 28.8 Å². The molecule has 0 aromatic carbocycles. The molecular weight excluding hydrogens is 392 g/mol. The quantitative estimate of drug-likeness (QED) is 0.115. The van der Waals surface area contributed by atoms with Gasteiger partial charge in [0.25, 0.3) is 0 Å². The maximum atomic E-state index is 12.0. The van der Waals surface area contributed by atoms with Crippen LogP contribution in [0.15, 0.2) is 29.1 Å². The Hall–Kier alpha value is -3.61. The molecule has 0 fully saturated rings. The van der Waals surface area contributed by atoms with Gasteiger partial charge in [0, 0.05) is 31.4 Å². The van der Waals surface area contributed by atoms with Crippen molar-refractivity contribution in [3.8, 4) is 12.3 Å². The van der Waals surface area contributed by atoms with Crippen molar-refractivity contribution in [1.82, 2.24) is 10.6 Å². The Balaban J connectivity index is 2.40. The van der Waals surface area contributed by atoms with Crippen LogP contribution in [0.5, 0.6) is 0 Å². The van der Waals surface area contributed by atoms with E-state index in [1.54, 1.807) is 25.2 Å². The zero-order chi connectivity index (χ0) is 22.5. The van der Waals surface area contributed by atoms with Gasteiger partial charge in [0.05, 0.1) is 13.0 Å². The summed E-state index contributed by atoms with van der Waals surface area (Å²) in [6.45, 7) is 3.11. The van der Waals surface area contributed by atoms with E-state index in [2.05, 4.69) is 26.5 Å². The highest BCUT2D eigenvalue weighted by Crippen LogP contribution is 2.15. The Morgan fingerprint density at radius 3 is 2.60 bits per heavy atom. The van der Waals surface area contributed by atoms with Crippen molar-refractivity contribution in [3.63, 3.8) is 0 Å². The first-order valence-electron chi connectivity index (χ1n) is 9.35. The van der Waals surface area contributed by atoms with Gasteiger partial charge in [-0.15, -0.1) is 6.42 Å². The molecule has 1 rings (SSSR count). The Bertz CT molecular complexity index is 794. The van der Waals surface area contributed by atoms with Crippen LogP contribution >= 0.6 is 0 Å². The molecule has 10 heteroatoms. The summed E-state index contributed by atoms with van der Waals surface area (Å²) in [4.78, 5) is 50.7. The number of nitrogens with one attached hydrogen (secondary N) is 2. The van der Waals surface area contributed by atoms with Crippen molar-refractivity contribution in [3.05, 3.63) is 23.9 Å². The van der Waals surface area contributed by atoms with Crippen LogP contribution in [0.25, 0.3) is 0 Å². The number of nitrogens with two attached hydrogens (primary N) is 1. The first-order chi connectivity index (χ1) is 14.2. The third kappa shape index (κ3) is 9.54. The average Bonchev–Trinajstić information content (AvgIpc) is 2.70. The van der Waals surface area contributed by atoms with Crippen molar-refractivity contribution in [2.45, 2.75) is 45.6 Å². The van der Waals surface area contributed by atoms with Gasteiger partial charge in [-0.25, -0.2) is 4.79 Å². The highest BCUT2D eigenvalue weighted by molar-refractivity contribution is 5.87. The van der Waals surface area contributed by atoms with E-state index in [0.29, 0.717) is 12.1 Å². The zero-order valence-electron chi connectivity index (χ0n) is 17.0. The van der Waals surface area contributed by atoms with Gasteiger partial charge in [0.2, 0.25) is 11.8 Å². The molecule has 0 radical (unpaired) electrons. The van der Waals surface area contributed by atoms with E-state index >= 15 is 0 Å². The number of amides is 2. The molecule has 4 N–H and O–H groups in total. The van der Waals surface area contributed by atoms with Crippen molar-refractivity contribution in [1.29, 1.82) is 0 Å². The van der Waals surface area contributed by atoms with Gasteiger partial charge in [0.1, 0.15) is 11.9 Å². The van der Waals surface area contributed by atoms with Gasteiger partial charge in [-0.2, -0.15) is 0 Å². The predicted octanol–water partition coefficient (Wildman–Crippen LogP) is 0.249. The molecule has 0 bridgehead atoms. The van der Waals surface area contributed by atoms with Crippen LogP contribution in [-0.4, -0.2) is 42.2 Å². The molecular formula is C20H26N4O6. The third-order valence-electron chi connectivity index (χ3n) is 3.83. The van der Waals surface area contributed by atoms with Crippen LogP contribution < -0.4 is 16.4 Å². The standard InChI is InChI=1S/C20H26N4O6/c1-4-15(12-19(28)29-5-2)22-17(26)10-11-18(27)23-16-8-6-14(7-9-16)20(21)24-30-13(3)25/h1,6,8-9,14-15H,5,7,10-12H2,2-3H3,(H2,21,24)(H,22,26)(H,23,27)/t14?,15-/m1/s1. The van der Waals surface area contributed by atoms with Crippen LogP contribution in [0, 0.1) is 18.3 Å². The largest absolute Gasteiger partial charge is 0.466 e. The molecule has 0 heterocycles. The number of hydrogen-bond donors (Lipinski definition) is 3. The van der Waals surface area contributed by atoms with E-state index in [4.69, 9.17) is 16.9 Å². The van der Waals surface area contributed by atoms with Gasteiger partial charge in [-0.05, 0) is 19.4 Å². The minimum absolute atomic E-state index is 0.0623. The van der Waals surface area contributed by atoms with E-state index in [-0.39, 0.29) is 43.5 Å². The van der Waals surface area contributed by atoms with Crippen molar-refractivity contribution in [2.75, 3.05) is 6.61 Å². The molecule has 2 atom stereocenters. The SMILES string of the molecule is C#C[C@H](CC(=O)OCC)NC(=O)CCC(=O)NC1=CCC(/C(N)=N/OC(C)=O)C=C1. The summed E-state index contributed by atoms with van der Waals surface area (Å²) in [7, 11) is 0. The second-order valence-corrected chi connectivity index (χ2v) is 6.30. The second kappa shape index (κ2) is 12.8. The number of terminal acetylenes is 1. The van der Waals surface area contributed by atoms with Gasteiger partial charge >= 0.3 is 11.9 Å². The first-order valence-corrected chi connectivity index (χ1v) is 9.35. The van der Waals surface area contributed by atoms with Crippen molar-refractivity contribution >= 4 is 29.6 Å². The van der Waals surface area contributed by atoms with E-state index in [1.165, 1.54) is 6.92 Å². The summed E-state index contributed by atoms with van der Waals surface area (Å²) >= 11 is 0. The molecule has 30 heavy (non-hydrogen) atoms. The number of ether oxygens (including phenoxy) is 1. The van der Waals surface area contributed by atoms with Crippen LogP contribution in [0.3, 0.4) is 0 Å². The number of carbonyl (C=O) groups is 4. The Kier molecular flexibility index (Phi) is 10.4. The third-order valence-corrected chi connectivity index (χ3v) is 3.83. The molecule has 0 saturated heterocycles. The van der Waals surface area contributed by atoms with E-state index < -0.39 is 23.9 Å². The fraction of sp³-hybridized carbons (Fsp3) is 0.450. The summed E-state index contributed by atoms with van der Waals surface area (Å²) in [5.41, 5.74) is 6.30. The molecule has 0 aliphatic heterocycles. The Morgan fingerprint density at radius 2 is 2.03 bits per heavy atom. The summed E-state index contributed by atoms with van der Waals surface area (Å²) in [6.07, 6.45) is 10.6. The van der Waals surface area contributed by atoms with Crippen LogP contribution in [0.2, 0.25) is 0 Å². The minimum Gasteiger partial charge on any atom is -0.466 e. The highest BCUT2D eigenvalue weighted by Gasteiger charge is 2.17. The summed E-state index contributed by atoms with van der Waals surface area (Å²) in [6, 6.07) is -0.792. The summed E-state index contributed by atoms with van der Waals surface area (Å²) in [5, 5.41) is 8.71.